The van der Waals surface area contributed by atoms with Crippen LogP contribution in [0.3, 0.4) is 0 Å². The van der Waals surface area contributed by atoms with Crippen LogP contribution in [0.1, 0.15) is 38.5 Å². The zero-order valence-corrected chi connectivity index (χ0v) is 7.87. The lowest BCUT2D eigenvalue weighted by Crippen LogP contribution is -2.24. The van der Waals surface area contributed by atoms with Gasteiger partial charge in [-0.05, 0) is 50.4 Å². The number of ether oxygens (including phenoxy) is 1. The number of carbonyl (C=O) groups is 1. The lowest BCUT2D eigenvalue weighted by atomic mass is 9.98. The van der Waals surface area contributed by atoms with Gasteiger partial charge in [0.2, 0.25) is 0 Å². The van der Waals surface area contributed by atoms with Crippen molar-refractivity contribution in [2.45, 2.75) is 44.6 Å². The van der Waals surface area contributed by atoms with E-state index in [1.807, 2.05) is 0 Å². The second kappa shape index (κ2) is 2.73. The van der Waals surface area contributed by atoms with E-state index in [1.54, 1.807) is 0 Å². The van der Waals surface area contributed by atoms with E-state index in [-0.39, 0.29) is 11.9 Å². The molecule has 2 bridgehead atoms. The van der Waals surface area contributed by atoms with Gasteiger partial charge >= 0.3 is 5.97 Å². The van der Waals surface area contributed by atoms with Gasteiger partial charge in [-0.2, -0.15) is 0 Å². The van der Waals surface area contributed by atoms with E-state index in [0.29, 0.717) is 12.0 Å². The molecule has 0 amide bonds. The van der Waals surface area contributed by atoms with Crippen molar-refractivity contribution < 1.29 is 9.53 Å². The minimum Gasteiger partial charge on any atom is -0.462 e. The minimum atomic E-state index is 0.0950. The van der Waals surface area contributed by atoms with E-state index in [4.69, 9.17) is 4.74 Å². The summed E-state index contributed by atoms with van der Waals surface area (Å²) in [4.78, 5) is 11.4. The molecule has 3 saturated carbocycles. The monoisotopic (exact) mass is 180 g/mol. The van der Waals surface area contributed by atoms with Crippen molar-refractivity contribution in [3.63, 3.8) is 0 Å². The molecular formula is C11H16O2. The number of hydrogen-bond donors (Lipinski definition) is 0. The van der Waals surface area contributed by atoms with Crippen LogP contribution in [0.15, 0.2) is 0 Å². The first-order valence-corrected chi connectivity index (χ1v) is 5.53. The van der Waals surface area contributed by atoms with Gasteiger partial charge in [0.15, 0.2) is 0 Å². The molecule has 0 N–H and O–H groups in total. The molecule has 3 atom stereocenters. The molecule has 0 aromatic carbocycles. The zero-order chi connectivity index (χ0) is 8.84. The van der Waals surface area contributed by atoms with Crippen LogP contribution >= 0.6 is 0 Å². The summed E-state index contributed by atoms with van der Waals surface area (Å²) in [5.41, 5.74) is 0. The van der Waals surface area contributed by atoms with E-state index in [2.05, 4.69) is 0 Å². The van der Waals surface area contributed by atoms with Crippen molar-refractivity contribution in [2.75, 3.05) is 0 Å². The maximum atomic E-state index is 11.4. The lowest BCUT2D eigenvalue weighted by Gasteiger charge is -2.21. The third-order valence-corrected chi connectivity index (χ3v) is 3.85. The van der Waals surface area contributed by atoms with Gasteiger partial charge in [0.05, 0.1) is 5.92 Å². The Kier molecular flexibility index (Phi) is 1.64. The molecule has 2 nitrogen and oxygen atoms in total. The summed E-state index contributed by atoms with van der Waals surface area (Å²) in [6, 6.07) is 0. The van der Waals surface area contributed by atoms with Crippen LogP contribution in [-0.2, 0) is 9.53 Å². The first-order chi connectivity index (χ1) is 6.33. The molecule has 0 heterocycles. The van der Waals surface area contributed by atoms with Crippen LogP contribution in [0.4, 0.5) is 0 Å². The summed E-state index contributed by atoms with van der Waals surface area (Å²) < 4.78 is 5.53. The third kappa shape index (κ3) is 1.36. The first kappa shape index (κ1) is 7.84. The van der Waals surface area contributed by atoms with Crippen LogP contribution in [0.2, 0.25) is 0 Å². The van der Waals surface area contributed by atoms with Gasteiger partial charge in [-0.1, -0.05) is 0 Å². The Morgan fingerprint density at radius 1 is 1.08 bits per heavy atom. The molecule has 0 aromatic rings. The molecule has 3 aliphatic carbocycles. The predicted molar refractivity (Wildman–Crippen MR) is 48.1 cm³/mol. The Balaban J connectivity index is 1.58. The Hall–Kier alpha value is -0.530. The van der Waals surface area contributed by atoms with Gasteiger partial charge in [0, 0.05) is 0 Å². The topological polar surface area (TPSA) is 26.3 Å². The van der Waals surface area contributed by atoms with Crippen LogP contribution in [-0.4, -0.2) is 12.1 Å². The summed E-state index contributed by atoms with van der Waals surface area (Å²) in [5, 5.41) is 0. The molecule has 0 aliphatic heterocycles. The molecule has 2 heteroatoms. The summed E-state index contributed by atoms with van der Waals surface area (Å²) in [7, 11) is 0. The standard InChI is InChI=1S/C11H16O2/c12-11(8-3-4-8)13-10-6-7-1-2-9(10)5-7/h7-10H,1-6H2. The molecule has 3 rings (SSSR count). The Morgan fingerprint density at radius 2 is 1.92 bits per heavy atom. The molecule has 13 heavy (non-hydrogen) atoms. The maximum Gasteiger partial charge on any atom is 0.309 e. The molecule has 3 unspecified atom stereocenters. The van der Waals surface area contributed by atoms with E-state index in [1.165, 1.54) is 19.3 Å². The van der Waals surface area contributed by atoms with Crippen LogP contribution in [0.25, 0.3) is 0 Å². The lowest BCUT2D eigenvalue weighted by molar-refractivity contribution is -0.153. The van der Waals surface area contributed by atoms with E-state index in [0.717, 1.165) is 25.2 Å². The fraction of sp³-hybridized carbons (Fsp3) is 0.909. The fourth-order valence-corrected chi connectivity index (χ4v) is 2.90. The summed E-state index contributed by atoms with van der Waals surface area (Å²) >= 11 is 0. The highest BCUT2D eigenvalue weighted by Gasteiger charge is 2.43. The smallest absolute Gasteiger partial charge is 0.309 e. The largest absolute Gasteiger partial charge is 0.462 e. The quantitative estimate of drug-likeness (QED) is 0.608. The van der Waals surface area contributed by atoms with Crippen LogP contribution in [0.5, 0.6) is 0 Å². The molecule has 0 radical (unpaired) electrons. The van der Waals surface area contributed by atoms with Crippen molar-refractivity contribution in [1.82, 2.24) is 0 Å². The number of carbonyl (C=O) groups excluding carboxylic acids is 1. The minimum absolute atomic E-state index is 0.0950. The van der Waals surface area contributed by atoms with Crippen LogP contribution in [0, 0.1) is 17.8 Å². The average molecular weight is 180 g/mol. The molecule has 3 fully saturated rings. The second-order valence-electron chi connectivity index (χ2n) is 4.92. The SMILES string of the molecule is O=C(OC1CC2CCC1C2)C1CC1. The molecular weight excluding hydrogens is 164 g/mol. The van der Waals surface area contributed by atoms with Crippen molar-refractivity contribution in [3.05, 3.63) is 0 Å². The zero-order valence-electron chi connectivity index (χ0n) is 7.87. The van der Waals surface area contributed by atoms with E-state index >= 15 is 0 Å². The Labute approximate surface area is 78.6 Å². The van der Waals surface area contributed by atoms with Crippen molar-refractivity contribution in [3.8, 4) is 0 Å². The first-order valence-electron chi connectivity index (χ1n) is 5.53. The van der Waals surface area contributed by atoms with Crippen molar-refractivity contribution >= 4 is 5.97 Å². The predicted octanol–water partition coefficient (Wildman–Crippen LogP) is 2.13. The summed E-state index contributed by atoms with van der Waals surface area (Å²) in [6.45, 7) is 0. The normalized spacial score (nSPS) is 42.3. The molecule has 72 valence electrons. The molecule has 0 saturated heterocycles. The van der Waals surface area contributed by atoms with Crippen molar-refractivity contribution in [1.29, 1.82) is 0 Å². The Morgan fingerprint density at radius 3 is 2.46 bits per heavy atom. The number of rotatable bonds is 2. The number of fused-ring (bicyclic) bond motifs is 2. The molecule has 0 aromatic heterocycles. The molecule has 0 spiro atoms. The van der Waals surface area contributed by atoms with Crippen molar-refractivity contribution in [2.24, 2.45) is 17.8 Å². The second-order valence-corrected chi connectivity index (χ2v) is 4.92. The van der Waals surface area contributed by atoms with Gasteiger partial charge in [-0.25, -0.2) is 0 Å². The summed E-state index contributed by atoms with van der Waals surface area (Å²) in [6.07, 6.45) is 7.59. The van der Waals surface area contributed by atoms with Gasteiger partial charge in [-0.15, -0.1) is 0 Å². The molecule has 3 aliphatic rings. The van der Waals surface area contributed by atoms with E-state index < -0.39 is 0 Å². The maximum absolute atomic E-state index is 11.4. The third-order valence-electron chi connectivity index (χ3n) is 3.85. The van der Waals surface area contributed by atoms with Gasteiger partial charge in [0.25, 0.3) is 0 Å². The fourth-order valence-electron chi connectivity index (χ4n) is 2.90. The van der Waals surface area contributed by atoms with Gasteiger partial charge < -0.3 is 4.74 Å². The highest BCUT2D eigenvalue weighted by Crippen LogP contribution is 2.46. The average Bonchev–Trinajstić information content (AvgIpc) is 2.79. The van der Waals surface area contributed by atoms with Gasteiger partial charge in [-0.3, -0.25) is 4.79 Å². The van der Waals surface area contributed by atoms with Gasteiger partial charge in [0.1, 0.15) is 6.10 Å². The van der Waals surface area contributed by atoms with Crippen LogP contribution < -0.4 is 0 Å². The number of hydrogen-bond acceptors (Lipinski definition) is 2. The highest BCUT2D eigenvalue weighted by molar-refractivity contribution is 5.75. The van der Waals surface area contributed by atoms with E-state index in [9.17, 15) is 4.79 Å². The highest BCUT2D eigenvalue weighted by atomic mass is 16.5. The summed E-state index contributed by atoms with van der Waals surface area (Å²) in [5.74, 6) is 1.96. The Bertz CT molecular complexity index is 232. The number of esters is 1.